The van der Waals surface area contributed by atoms with E-state index in [1.54, 1.807) is 31.2 Å². The summed E-state index contributed by atoms with van der Waals surface area (Å²) in [4.78, 5) is -0.0148. The number of ether oxygens (including phenoxy) is 3. The fourth-order valence-electron chi connectivity index (χ4n) is 4.47. The summed E-state index contributed by atoms with van der Waals surface area (Å²) >= 11 is 0. The lowest BCUT2D eigenvalue weighted by atomic mass is 10.1. The molecular formula is C27H33O9PS2. The number of benzene rings is 3. The lowest BCUT2D eigenvalue weighted by Gasteiger charge is -2.28. The van der Waals surface area contributed by atoms with Crippen molar-refractivity contribution in [3.8, 4) is 17.2 Å². The van der Waals surface area contributed by atoms with Crippen LogP contribution >= 0.6 is 7.92 Å². The molecule has 3 aromatic rings. The molecule has 212 valence electrons. The molecule has 39 heavy (non-hydrogen) atoms. The molecule has 0 bridgehead atoms. The van der Waals surface area contributed by atoms with Crippen molar-refractivity contribution >= 4 is 44.1 Å². The molecular weight excluding hydrogens is 563 g/mol. The summed E-state index contributed by atoms with van der Waals surface area (Å²) in [5, 5.41) is 2.00. The third-order valence-corrected chi connectivity index (χ3v) is 10.8. The number of methoxy groups -OCH3 is 3. The van der Waals surface area contributed by atoms with E-state index in [2.05, 4.69) is 0 Å². The SMILES string of the molecule is COc1cc(C)cc(P(c2cc(S(=O)(=O)OC)cc(C)c2C)c2cc(CS(=O)(=O)O)cc(C)c2OC)c1OC. The first-order valence-electron chi connectivity index (χ1n) is 11.7. The number of hydrogen-bond donors (Lipinski definition) is 1. The molecule has 0 fully saturated rings. The van der Waals surface area contributed by atoms with Gasteiger partial charge >= 0.3 is 0 Å². The van der Waals surface area contributed by atoms with E-state index < -0.39 is 33.9 Å². The molecule has 9 nitrogen and oxygen atoms in total. The van der Waals surface area contributed by atoms with Crippen LogP contribution < -0.4 is 30.1 Å². The lowest BCUT2D eigenvalue weighted by molar-refractivity contribution is 0.357. The number of hydrogen-bond acceptors (Lipinski definition) is 8. The Labute approximate surface area is 231 Å². The molecule has 1 N–H and O–H groups in total. The second-order valence-electron chi connectivity index (χ2n) is 9.05. The molecule has 0 spiro atoms. The van der Waals surface area contributed by atoms with Crippen LogP contribution in [0.1, 0.15) is 27.8 Å². The zero-order valence-corrected chi connectivity index (χ0v) is 25.7. The van der Waals surface area contributed by atoms with Crippen molar-refractivity contribution in [3.63, 3.8) is 0 Å². The van der Waals surface area contributed by atoms with Crippen molar-refractivity contribution < 1.29 is 39.8 Å². The summed E-state index contributed by atoms with van der Waals surface area (Å²) in [7, 11) is -4.35. The smallest absolute Gasteiger partial charge is 0.296 e. The molecule has 0 saturated carbocycles. The van der Waals surface area contributed by atoms with Gasteiger partial charge in [0.1, 0.15) is 11.5 Å². The number of rotatable bonds is 10. The second kappa shape index (κ2) is 11.8. The molecule has 0 aliphatic carbocycles. The minimum atomic E-state index is -4.33. The normalized spacial score (nSPS) is 12.7. The van der Waals surface area contributed by atoms with Crippen LogP contribution in [0.25, 0.3) is 0 Å². The van der Waals surface area contributed by atoms with Crippen LogP contribution in [0, 0.1) is 27.7 Å². The lowest BCUT2D eigenvalue weighted by Crippen LogP contribution is -2.27. The van der Waals surface area contributed by atoms with Crippen molar-refractivity contribution in [2.45, 2.75) is 38.3 Å². The summed E-state index contributed by atoms with van der Waals surface area (Å²) in [6.07, 6.45) is 0. The van der Waals surface area contributed by atoms with Gasteiger partial charge in [0.05, 0.1) is 33.3 Å². The standard InChI is InChI=1S/C27H33O9PS2/c1-16-9-22(33-5)27(35-7)24(10-16)37(23-14-21(39(31,32)36-8)12-17(2)19(23)4)25-13-20(15-38(28,29)30)11-18(3)26(25)34-6/h9-14H,15H2,1-8H3,(H,28,29,30). The van der Waals surface area contributed by atoms with Crippen LogP contribution in [0.5, 0.6) is 17.2 Å². The highest BCUT2D eigenvalue weighted by atomic mass is 32.2. The zero-order chi connectivity index (χ0) is 29.3. The summed E-state index contributed by atoms with van der Waals surface area (Å²) in [5.74, 6) is 0.837. The van der Waals surface area contributed by atoms with Crippen molar-refractivity contribution in [2.24, 2.45) is 0 Å². The third kappa shape index (κ3) is 6.56. The highest BCUT2D eigenvalue weighted by molar-refractivity contribution is 7.87. The quantitative estimate of drug-likeness (QED) is 0.213. The minimum Gasteiger partial charge on any atom is -0.496 e. The van der Waals surface area contributed by atoms with Crippen LogP contribution in [0.3, 0.4) is 0 Å². The second-order valence-corrected chi connectivity index (χ2v) is 14.3. The predicted octanol–water partition coefficient (Wildman–Crippen LogP) is 3.43. The maximum Gasteiger partial charge on any atom is 0.296 e. The first-order valence-corrected chi connectivity index (χ1v) is 16.1. The Balaban J connectivity index is 2.58. The van der Waals surface area contributed by atoms with E-state index in [-0.39, 0.29) is 4.90 Å². The van der Waals surface area contributed by atoms with Crippen molar-refractivity contribution in [3.05, 3.63) is 64.2 Å². The van der Waals surface area contributed by atoms with Crippen molar-refractivity contribution in [2.75, 3.05) is 28.4 Å². The topological polar surface area (TPSA) is 125 Å². The summed E-state index contributed by atoms with van der Waals surface area (Å²) in [5.41, 5.74) is 3.43. The van der Waals surface area contributed by atoms with Crippen molar-refractivity contribution in [1.82, 2.24) is 0 Å². The molecule has 0 radical (unpaired) electrons. The monoisotopic (exact) mass is 596 g/mol. The van der Waals surface area contributed by atoms with Gasteiger partial charge in [0, 0.05) is 10.6 Å². The van der Waals surface area contributed by atoms with Crippen LogP contribution in [-0.2, 0) is 30.2 Å². The first kappa shape index (κ1) is 30.8. The van der Waals surface area contributed by atoms with E-state index in [9.17, 15) is 21.4 Å². The van der Waals surface area contributed by atoms with E-state index >= 15 is 0 Å². The van der Waals surface area contributed by atoms with E-state index in [0.29, 0.717) is 44.3 Å². The fraction of sp³-hybridized carbons (Fsp3) is 0.333. The summed E-state index contributed by atoms with van der Waals surface area (Å²) in [6.45, 7) is 7.39. The summed E-state index contributed by atoms with van der Waals surface area (Å²) < 4.78 is 80.9. The molecule has 0 amide bonds. The minimum absolute atomic E-state index is 0.0148. The van der Waals surface area contributed by atoms with Gasteiger partial charge in [-0.3, -0.25) is 8.74 Å². The molecule has 1 atom stereocenters. The molecule has 12 heteroatoms. The van der Waals surface area contributed by atoms with Gasteiger partial charge in [-0.15, -0.1) is 0 Å². The van der Waals surface area contributed by atoms with Gasteiger partial charge in [-0.1, -0.05) is 6.07 Å². The Hall–Kier alpha value is -2.69. The van der Waals surface area contributed by atoms with E-state index in [0.717, 1.165) is 23.8 Å². The highest BCUT2D eigenvalue weighted by Crippen LogP contribution is 2.45. The molecule has 3 aromatic carbocycles. The van der Waals surface area contributed by atoms with Crippen molar-refractivity contribution in [1.29, 1.82) is 0 Å². The Morgan fingerprint density at radius 2 is 1.33 bits per heavy atom. The molecule has 0 aromatic heterocycles. The van der Waals surface area contributed by atoms with Crippen LogP contribution in [0.4, 0.5) is 0 Å². The average Bonchev–Trinajstić information content (AvgIpc) is 2.85. The highest BCUT2D eigenvalue weighted by Gasteiger charge is 2.31. The van der Waals surface area contributed by atoms with Gasteiger partial charge < -0.3 is 14.2 Å². The average molecular weight is 597 g/mol. The predicted molar refractivity (Wildman–Crippen MR) is 153 cm³/mol. The van der Waals surface area contributed by atoms with Gasteiger partial charge in [0.2, 0.25) is 0 Å². The Morgan fingerprint density at radius 1 is 0.718 bits per heavy atom. The third-order valence-electron chi connectivity index (χ3n) is 6.32. The molecule has 0 aliphatic heterocycles. The van der Waals surface area contributed by atoms with Gasteiger partial charge in [-0.2, -0.15) is 16.8 Å². The van der Waals surface area contributed by atoms with E-state index in [1.807, 2.05) is 32.9 Å². The molecule has 0 saturated heterocycles. The van der Waals surface area contributed by atoms with Crippen LogP contribution in [0.15, 0.2) is 41.3 Å². The molecule has 3 rings (SSSR count). The van der Waals surface area contributed by atoms with Gasteiger partial charge in [-0.25, -0.2) is 0 Å². The Morgan fingerprint density at radius 3 is 1.87 bits per heavy atom. The molecule has 0 heterocycles. The van der Waals surface area contributed by atoms with E-state index in [4.69, 9.17) is 18.4 Å². The van der Waals surface area contributed by atoms with Crippen LogP contribution in [0.2, 0.25) is 0 Å². The van der Waals surface area contributed by atoms with Crippen LogP contribution in [-0.4, -0.2) is 49.8 Å². The summed E-state index contributed by atoms with van der Waals surface area (Å²) in [6, 6.07) is 10.2. The Kier molecular flexibility index (Phi) is 9.35. The fourth-order valence-corrected chi connectivity index (χ4v) is 8.98. The Bertz CT molecular complexity index is 1610. The van der Waals surface area contributed by atoms with Gasteiger partial charge in [0.25, 0.3) is 20.2 Å². The first-order chi connectivity index (χ1) is 18.2. The number of aryl methyl sites for hydroxylation is 3. The van der Waals surface area contributed by atoms with E-state index in [1.165, 1.54) is 21.3 Å². The molecule has 0 aliphatic rings. The largest absolute Gasteiger partial charge is 0.496 e. The maximum absolute atomic E-state index is 12.8. The van der Waals surface area contributed by atoms with Gasteiger partial charge in [-0.05, 0) is 99.1 Å². The molecule has 1 unspecified atom stereocenters. The zero-order valence-electron chi connectivity index (χ0n) is 23.1. The van der Waals surface area contributed by atoms with Gasteiger partial charge in [0.15, 0.2) is 11.5 Å². The maximum atomic E-state index is 12.8.